The summed E-state index contributed by atoms with van der Waals surface area (Å²) in [6, 6.07) is 2.55. The summed E-state index contributed by atoms with van der Waals surface area (Å²) in [4.78, 5) is 0. The Morgan fingerprint density at radius 1 is 1.38 bits per heavy atom. The van der Waals surface area contributed by atoms with Crippen LogP contribution in [0.25, 0.3) is 0 Å². The molecule has 1 heterocycles. The van der Waals surface area contributed by atoms with E-state index in [1.807, 2.05) is 0 Å². The Balaban J connectivity index is 2.33. The molecule has 0 spiro atoms. The minimum atomic E-state index is 0.294. The van der Waals surface area contributed by atoms with Gasteiger partial charge < -0.3 is 14.5 Å². The summed E-state index contributed by atoms with van der Waals surface area (Å²) in [6.07, 6.45) is 3.12. The van der Waals surface area contributed by atoms with Gasteiger partial charge in [-0.2, -0.15) is 0 Å². The molecular formula is C13H23NO2. The highest BCUT2D eigenvalue weighted by Crippen LogP contribution is 2.10. The summed E-state index contributed by atoms with van der Waals surface area (Å²) >= 11 is 0. The van der Waals surface area contributed by atoms with Gasteiger partial charge in [0.2, 0.25) is 0 Å². The van der Waals surface area contributed by atoms with Crippen molar-refractivity contribution in [3.63, 3.8) is 0 Å². The molecule has 3 heteroatoms. The minimum absolute atomic E-state index is 0.294. The normalized spacial score (nSPS) is 13.3. The van der Waals surface area contributed by atoms with Crippen molar-refractivity contribution in [1.29, 1.82) is 0 Å². The fourth-order valence-corrected chi connectivity index (χ4v) is 1.26. The Bertz CT molecular complexity index is 294. The van der Waals surface area contributed by atoms with Gasteiger partial charge in [-0.15, -0.1) is 0 Å². The fourth-order valence-electron chi connectivity index (χ4n) is 1.26. The number of rotatable bonds is 7. The second kappa shape index (κ2) is 6.71. The molecule has 1 rings (SSSR count). The van der Waals surface area contributed by atoms with Crippen molar-refractivity contribution < 1.29 is 9.15 Å². The van der Waals surface area contributed by atoms with E-state index in [-0.39, 0.29) is 0 Å². The Labute approximate surface area is 98.2 Å². The quantitative estimate of drug-likeness (QED) is 0.774. The van der Waals surface area contributed by atoms with Crippen LogP contribution < -0.4 is 5.32 Å². The average molecular weight is 225 g/mol. The van der Waals surface area contributed by atoms with Crippen LogP contribution in [0.15, 0.2) is 16.7 Å². The maximum Gasteiger partial charge on any atom is 0.129 e. The third kappa shape index (κ3) is 4.81. The summed E-state index contributed by atoms with van der Waals surface area (Å²) in [6.45, 7) is 9.87. The molecule has 1 N–H and O–H groups in total. The molecule has 1 aromatic rings. The van der Waals surface area contributed by atoms with E-state index in [9.17, 15) is 0 Å². The highest BCUT2D eigenvalue weighted by molar-refractivity contribution is 5.12. The van der Waals surface area contributed by atoms with E-state index in [4.69, 9.17) is 9.15 Å². The first-order valence-corrected chi connectivity index (χ1v) is 6.03. The first kappa shape index (κ1) is 13.3. The van der Waals surface area contributed by atoms with Gasteiger partial charge in [-0.3, -0.25) is 0 Å². The number of furan rings is 1. The monoisotopic (exact) mass is 225 g/mol. The molecule has 3 nitrogen and oxygen atoms in total. The Kier molecular flexibility index (Phi) is 5.56. The third-order valence-corrected chi connectivity index (χ3v) is 2.51. The van der Waals surface area contributed by atoms with Crippen molar-refractivity contribution in [2.45, 2.75) is 59.4 Å². The first-order chi connectivity index (χ1) is 7.61. The molecule has 0 aliphatic heterocycles. The molecule has 1 unspecified atom stereocenters. The second-order valence-electron chi connectivity index (χ2n) is 4.49. The zero-order chi connectivity index (χ0) is 12.0. The van der Waals surface area contributed by atoms with E-state index in [2.05, 4.69) is 39.1 Å². The van der Waals surface area contributed by atoms with Crippen molar-refractivity contribution in [3.8, 4) is 0 Å². The van der Waals surface area contributed by atoms with Crippen LogP contribution in [-0.4, -0.2) is 12.1 Å². The van der Waals surface area contributed by atoms with Crippen LogP contribution in [0.2, 0.25) is 0 Å². The number of hydrogen-bond donors (Lipinski definition) is 1. The third-order valence-electron chi connectivity index (χ3n) is 2.51. The molecule has 16 heavy (non-hydrogen) atoms. The van der Waals surface area contributed by atoms with E-state index < -0.39 is 0 Å². The van der Waals surface area contributed by atoms with Gasteiger partial charge >= 0.3 is 0 Å². The van der Waals surface area contributed by atoms with Crippen LogP contribution in [0, 0.1) is 0 Å². The van der Waals surface area contributed by atoms with Gasteiger partial charge in [-0.1, -0.05) is 20.8 Å². The predicted molar refractivity (Wildman–Crippen MR) is 65.2 cm³/mol. The molecule has 92 valence electrons. The highest BCUT2D eigenvalue weighted by atomic mass is 16.5. The molecule has 0 amide bonds. The molecule has 0 saturated heterocycles. The molecule has 0 radical (unpaired) electrons. The van der Waals surface area contributed by atoms with Crippen LogP contribution in [0.1, 0.15) is 45.4 Å². The van der Waals surface area contributed by atoms with Crippen LogP contribution in [0.4, 0.5) is 0 Å². The molecule has 1 aromatic heterocycles. The lowest BCUT2D eigenvalue weighted by atomic mass is 10.3. The van der Waals surface area contributed by atoms with Gasteiger partial charge in [-0.25, -0.2) is 0 Å². The van der Waals surface area contributed by atoms with Gasteiger partial charge in [0.1, 0.15) is 12.4 Å². The summed E-state index contributed by atoms with van der Waals surface area (Å²) in [5.74, 6) is 0.904. The van der Waals surface area contributed by atoms with Crippen LogP contribution in [0.3, 0.4) is 0 Å². The number of hydrogen-bond acceptors (Lipinski definition) is 3. The van der Waals surface area contributed by atoms with Crippen LogP contribution in [-0.2, 0) is 17.9 Å². The van der Waals surface area contributed by atoms with Crippen molar-refractivity contribution in [1.82, 2.24) is 5.32 Å². The van der Waals surface area contributed by atoms with Gasteiger partial charge in [0.05, 0.1) is 12.4 Å². The van der Waals surface area contributed by atoms with Crippen molar-refractivity contribution in [3.05, 3.63) is 23.7 Å². The van der Waals surface area contributed by atoms with E-state index in [0.717, 1.165) is 18.7 Å². The Morgan fingerprint density at radius 3 is 2.75 bits per heavy atom. The molecule has 0 aliphatic rings. The predicted octanol–water partition coefficient (Wildman–Crippen LogP) is 3.09. The molecule has 0 aliphatic carbocycles. The van der Waals surface area contributed by atoms with E-state index in [0.29, 0.717) is 18.8 Å². The lowest BCUT2D eigenvalue weighted by molar-refractivity contribution is 0.0406. The Morgan fingerprint density at radius 2 is 2.12 bits per heavy atom. The summed E-state index contributed by atoms with van der Waals surface area (Å²) in [7, 11) is 0. The lowest BCUT2D eigenvalue weighted by Gasteiger charge is -2.08. The number of nitrogens with one attached hydrogen (secondary N) is 1. The van der Waals surface area contributed by atoms with Crippen molar-refractivity contribution in [2.75, 3.05) is 0 Å². The fraction of sp³-hybridized carbons (Fsp3) is 0.692. The van der Waals surface area contributed by atoms with E-state index >= 15 is 0 Å². The second-order valence-corrected chi connectivity index (χ2v) is 4.49. The van der Waals surface area contributed by atoms with Gasteiger partial charge in [0.25, 0.3) is 0 Å². The lowest BCUT2D eigenvalue weighted by Crippen LogP contribution is -2.21. The first-order valence-electron chi connectivity index (χ1n) is 6.03. The standard InChI is InChI=1S/C13H23NO2/c1-5-11(4)15-9-13-6-12(8-16-13)7-14-10(2)3/h6,8,10-11,14H,5,7,9H2,1-4H3. The largest absolute Gasteiger partial charge is 0.467 e. The van der Waals surface area contributed by atoms with E-state index in [1.165, 1.54) is 5.56 Å². The average Bonchev–Trinajstić information content (AvgIpc) is 2.71. The molecule has 0 saturated carbocycles. The molecule has 1 atom stereocenters. The highest BCUT2D eigenvalue weighted by Gasteiger charge is 2.04. The SMILES string of the molecule is CCC(C)OCc1cc(CNC(C)C)co1. The zero-order valence-corrected chi connectivity index (χ0v) is 10.7. The maximum absolute atomic E-state index is 5.60. The van der Waals surface area contributed by atoms with Crippen molar-refractivity contribution in [2.24, 2.45) is 0 Å². The van der Waals surface area contributed by atoms with Crippen molar-refractivity contribution >= 4 is 0 Å². The minimum Gasteiger partial charge on any atom is -0.467 e. The van der Waals surface area contributed by atoms with Crippen LogP contribution >= 0.6 is 0 Å². The topological polar surface area (TPSA) is 34.4 Å². The van der Waals surface area contributed by atoms with Gasteiger partial charge in [-0.05, 0) is 19.4 Å². The molecule has 0 fully saturated rings. The maximum atomic E-state index is 5.60. The summed E-state index contributed by atoms with van der Waals surface area (Å²) < 4.78 is 11.0. The molecular weight excluding hydrogens is 202 g/mol. The molecule has 0 bridgehead atoms. The zero-order valence-electron chi connectivity index (χ0n) is 10.7. The number of ether oxygens (including phenoxy) is 1. The summed E-state index contributed by atoms with van der Waals surface area (Å²) in [5, 5.41) is 3.35. The van der Waals surface area contributed by atoms with Gasteiger partial charge in [0.15, 0.2) is 0 Å². The van der Waals surface area contributed by atoms with E-state index in [1.54, 1.807) is 6.26 Å². The van der Waals surface area contributed by atoms with Gasteiger partial charge in [0, 0.05) is 18.2 Å². The Hall–Kier alpha value is -0.800. The molecule has 0 aromatic carbocycles. The summed E-state index contributed by atoms with van der Waals surface area (Å²) in [5.41, 5.74) is 1.18. The smallest absolute Gasteiger partial charge is 0.129 e. The van der Waals surface area contributed by atoms with Crippen LogP contribution in [0.5, 0.6) is 0 Å².